The van der Waals surface area contributed by atoms with Gasteiger partial charge in [0.15, 0.2) is 0 Å². The molecular weight excluding hydrogens is 228 g/mol. The number of anilines is 1. The first-order valence-electron chi connectivity index (χ1n) is 6.27. The van der Waals surface area contributed by atoms with Gasteiger partial charge < -0.3 is 15.8 Å². The number of rotatable bonds is 6. The van der Waals surface area contributed by atoms with Gasteiger partial charge in [0.1, 0.15) is 5.75 Å². The van der Waals surface area contributed by atoms with Gasteiger partial charge in [-0.15, -0.1) is 0 Å². The molecule has 1 aromatic rings. The smallest absolute Gasteiger partial charge is 0.224 e. The van der Waals surface area contributed by atoms with Crippen LogP contribution in [-0.4, -0.2) is 19.6 Å². The summed E-state index contributed by atoms with van der Waals surface area (Å²) in [5, 5.41) is 2.88. The van der Waals surface area contributed by atoms with E-state index in [-0.39, 0.29) is 11.8 Å². The van der Waals surface area contributed by atoms with E-state index in [1.807, 2.05) is 25.1 Å². The Bertz CT molecular complexity index is 405. The molecule has 0 aromatic heterocycles. The minimum absolute atomic E-state index is 0.000157. The van der Waals surface area contributed by atoms with E-state index >= 15 is 0 Å². The van der Waals surface area contributed by atoms with Crippen LogP contribution in [0.15, 0.2) is 18.2 Å². The highest BCUT2D eigenvalue weighted by atomic mass is 16.5. The number of carbonyl (C=O) groups is 1. The van der Waals surface area contributed by atoms with Gasteiger partial charge in [-0.3, -0.25) is 4.79 Å². The van der Waals surface area contributed by atoms with Crippen LogP contribution in [0.3, 0.4) is 0 Å². The second kappa shape index (κ2) is 7.01. The van der Waals surface area contributed by atoms with Gasteiger partial charge in [-0.05, 0) is 42.6 Å². The summed E-state index contributed by atoms with van der Waals surface area (Å²) in [5.41, 5.74) is 7.39. The first kappa shape index (κ1) is 14.5. The predicted octanol–water partition coefficient (Wildman–Crippen LogP) is 2.18. The number of carbonyl (C=O) groups excluding carboxylic acids is 1. The number of nitrogens with one attached hydrogen (secondary N) is 1. The molecule has 0 aliphatic carbocycles. The number of methoxy groups -OCH3 is 1. The van der Waals surface area contributed by atoms with Crippen LogP contribution >= 0.6 is 0 Å². The Morgan fingerprint density at radius 2 is 2.22 bits per heavy atom. The van der Waals surface area contributed by atoms with Gasteiger partial charge in [-0.2, -0.15) is 0 Å². The minimum Gasteiger partial charge on any atom is -0.496 e. The lowest BCUT2D eigenvalue weighted by Gasteiger charge is -2.12. The molecule has 3 N–H and O–H groups in total. The highest BCUT2D eigenvalue weighted by Crippen LogP contribution is 2.23. The van der Waals surface area contributed by atoms with Crippen LogP contribution in [0.4, 0.5) is 5.69 Å². The normalized spacial score (nSPS) is 12.0. The van der Waals surface area contributed by atoms with Gasteiger partial charge in [0.2, 0.25) is 5.91 Å². The number of hydrogen-bond donors (Lipinski definition) is 2. The van der Waals surface area contributed by atoms with Crippen molar-refractivity contribution in [2.45, 2.75) is 26.7 Å². The molecule has 0 aliphatic heterocycles. The molecule has 1 aromatic carbocycles. The SMILES string of the molecule is CCc1cc(NC(=O)CC(C)CN)ccc1OC. The second-order valence-corrected chi connectivity index (χ2v) is 4.47. The van der Waals surface area contributed by atoms with Crippen molar-refractivity contribution < 1.29 is 9.53 Å². The Morgan fingerprint density at radius 1 is 1.50 bits per heavy atom. The lowest BCUT2D eigenvalue weighted by molar-refractivity contribution is -0.116. The molecule has 0 saturated carbocycles. The third-order valence-electron chi connectivity index (χ3n) is 2.88. The fourth-order valence-electron chi connectivity index (χ4n) is 1.74. The van der Waals surface area contributed by atoms with Crippen molar-refractivity contribution in [2.24, 2.45) is 11.7 Å². The lowest BCUT2D eigenvalue weighted by atomic mass is 10.1. The van der Waals surface area contributed by atoms with Crippen LogP contribution in [-0.2, 0) is 11.2 Å². The molecular formula is C14H22N2O2. The molecule has 0 spiro atoms. The van der Waals surface area contributed by atoms with E-state index < -0.39 is 0 Å². The van der Waals surface area contributed by atoms with E-state index in [4.69, 9.17) is 10.5 Å². The maximum Gasteiger partial charge on any atom is 0.224 e. The summed E-state index contributed by atoms with van der Waals surface area (Å²) in [5.74, 6) is 1.06. The van der Waals surface area contributed by atoms with Gasteiger partial charge in [0.25, 0.3) is 0 Å². The van der Waals surface area contributed by atoms with Crippen molar-refractivity contribution in [1.29, 1.82) is 0 Å². The average molecular weight is 250 g/mol. The summed E-state index contributed by atoms with van der Waals surface area (Å²) in [4.78, 5) is 11.7. The predicted molar refractivity (Wildman–Crippen MR) is 73.8 cm³/mol. The van der Waals surface area contributed by atoms with E-state index in [2.05, 4.69) is 12.2 Å². The maximum absolute atomic E-state index is 11.7. The van der Waals surface area contributed by atoms with Crippen molar-refractivity contribution in [3.8, 4) is 5.75 Å². The fourth-order valence-corrected chi connectivity index (χ4v) is 1.74. The van der Waals surface area contributed by atoms with E-state index in [0.29, 0.717) is 13.0 Å². The van der Waals surface area contributed by atoms with Crippen LogP contribution in [0.5, 0.6) is 5.75 Å². The van der Waals surface area contributed by atoms with Gasteiger partial charge in [-0.1, -0.05) is 13.8 Å². The summed E-state index contributed by atoms with van der Waals surface area (Å²) in [6.45, 7) is 4.54. The van der Waals surface area contributed by atoms with Gasteiger partial charge >= 0.3 is 0 Å². The van der Waals surface area contributed by atoms with Crippen molar-refractivity contribution in [1.82, 2.24) is 0 Å². The number of nitrogens with two attached hydrogens (primary N) is 1. The first-order valence-corrected chi connectivity index (χ1v) is 6.27. The standard InChI is InChI=1S/C14H22N2O2/c1-4-11-8-12(5-6-13(11)18-3)16-14(17)7-10(2)9-15/h5-6,8,10H,4,7,9,15H2,1-3H3,(H,16,17). The molecule has 0 heterocycles. The van der Waals surface area contributed by atoms with Crippen molar-refractivity contribution in [3.63, 3.8) is 0 Å². The quantitative estimate of drug-likeness (QED) is 0.813. The van der Waals surface area contributed by atoms with Crippen molar-refractivity contribution in [2.75, 3.05) is 19.0 Å². The van der Waals surface area contributed by atoms with Crippen LogP contribution < -0.4 is 15.8 Å². The monoisotopic (exact) mass is 250 g/mol. The van der Waals surface area contributed by atoms with Crippen LogP contribution in [0.25, 0.3) is 0 Å². The zero-order valence-electron chi connectivity index (χ0n) is 11.3. The van der Waals surface area contributed by atoms with E-state index in [9.17, 15) is 4.79 Å². The largest absolute Gasteiger partial charge is 0.496 e. The molecule has 1 atom stereocenters. The Kier molecular flexibility index (Phi) is 5.65. The lowest BCUT2D eigenvalue weighted by Crippen LogP contribution is -2.20. The van der Waals surface area contributed by atoms with Gasteiger partial charge in [0.05, 0.1) is 7.11 Å². The van der Waals surface area contributed by atoms with E-state index in [1.54, 1.807) is 7.11 Å². The van der Waals surface area contributed by atoms with Crippen LogP contribution in [0.2, 0.25) is 0 Å². The molecule has 0 saturated heterocycles. The Labute approximate surface area is 109 Å². The van der Waals surface area contributed by atoms with Crippen LogP contribution in [0.1, 0.15) is 25.8 Å². The number of ether oxygens (including phenoxy) is 1. The molecule has 0 radical (unpaired) electrons. The van der Waals surface area contributed by atoms with Gasteiger partial charge in [-0.25, -0.2) is 0 Å². The summed E-state index contributed by atoms with van der Waals surface area (Å²) >= 11 is 0. The van der Waals surface area contributed by atoms with Crippen molar-refractivity contribution >= 4 is 11.6 Å². The Balaban J connectivity index is 2.70. The summed E-state index contributed by atoms with van der Waals surface area (Å²) in [6, 6.07) is 5.67. The van der Waals surface area contributed by atoms with E-state index in [0.717, 1.165) is 23.4 Å². The second-order valence-electron chi connectivity index (χ2n) is 4.47. The Hall–Kier alpha value is -1.55. The molecule has 1 unspecified atom stereocenters. The molecule has 100 valence electrons. The first-order chi connectivity index (χ1) is 8.60. The van der Waals surface area contributed by atoms with E-state index in [1.165, 1.54) is 0 Å². The summed E-state index contributed by atoms with van der Waals surface area (Å²) < 4.78 is 5.25. The number of hydrogen-bond acceptors (Lipinski definition) is 3. The number of amides is 1. The minimum atomic E-state index is 0.000157. The zero-order valence-corrected chi connectivity index (χ0v) is 11.3. The molecule has 0 aliphatic rings. The summed E-state index contributed by atoms with van der Waals surface area (Å²) in [6.07, 6.45) is 1.32. The third-order valence-corrected chi connectivity index (χ3v) is 2.88. The third kappa shape index (κ3) is 4.04. The topological polar surface area (TPSA) is 64.4 Å². The van der Waals surface area contributed by atoms with Gasteiger partial charge in [0, 0.05) is 12.1 Å². The molecule has 1 rings (SSSR count). The van der Waals surface area contributed by atoms with Crippen molar-refractivity contribution in [3.05, 3.63) is 23.8 Å². The molecule has 18 heavy (non-hydrogen) atoms. The average Bonchev–Trinajstić information content (AvgIpc) is 2.38. The highest BCUT2D eigenvalue weighted by Gasteiger charge is 2.09. The number of benzene rings is 1. The molecule has 0 fully saturated rings. The van der Waals surface area contributed by atoms with Crippen LogP contribution in [0, 0.1) is 5.92 Å². The zero-order chi connectivity index (χ0) is 13.5. The highest BCUT2D eigenvalue weighted by molar-refractivity contribution is 5.91. The molecule has 4 heteroatoms. The molecule has 1 amide bonds. The Morgan fingerprint density at radius 3 is 2.78 bits per heavy atom. The maximum atomic E-state index is 11.7. The summed E-state index contributed by atoms with van der Waals surface area (Å²) in [7, 11) is 1.65. The number of aryl methyl sites for hydroxylation is 1. The molecule has 0 bridgehead atoms. The fraction of sp³-hybridized carbons (Fsp3) is 0.500. The molecule has 4 nitrogen and oxygen atoms in total.